The van der Waals surface area contributed by atoms with E-state index in [9.17, 15) is 14.7 Å². The monoisotopic (exact) mass is 359 g/mol. The van der Waals surface area contributed by atoms with E-state index in [4.69, 9.17) is 0 Å². The number of anilines is 3. The van der Waals surface area contributed by atoms with Gasteiger partial charge in [-0.2, -0.15) is 0 Å². The summed E-state index contributed by atoms with van der Waals surface area (Å²) >= 11 is 0. The summed E-state index contributed by atoms with van der Waals surface area (Å²) in [7, 11) is 0. The van der Waals surface area contributed by atoms with Crippen LogP contribution in [-0.4, -0.2) is 17.7 Å². The topological polar surface area (TPSA) is 57.6 Å². The van der Waals surface area contributed by atoms with Crippen LogP contribution in [0.15, 0.2) is 60.7 Å². The highest BCUT2D eigenvalue weighted by Crippen LogP contribution is 2.36. The number of aldehydes is 2. The molecule has 3 rings (SSSR count). The van der Waals surface area contributed by atoms with Gasteiger partial charge in [0.25, 0.3) is 0 Å². The lowest BCUT2D eigenvalue weighted by Crippen LogP contribution is -2.11. The first kappa shape index (κ1) is 18.5. The van der Waals surface area contributed by atoms with Gasteiger partial charge in [-0.3, -0.25) is 9.59 Å². The van der Waals surface area contributed by atoms with Crippen LogP contribution >= 0.6 is 0 Å². The molecule has 0 bridgehead atoms. The Bertz CT molecular complexity index is 977. The predicted octanol–water partition coefficient (Wildman–Crippen LogP) is 4.89. The number of aliphatic hydroxyl groups is 1. The maximum Gasteiger partial charge on any atom is 0.150 e. The molecule has 0 spiro atoms. The lowest BCUT2D eigenvalue weighted by atomic mass is 10.0. The van der Waals surface area contributed by atoms with Crippen LogP contribution in [0, 0.1) is 13.8 Å². The molecule has 4 nitrogen and oxygen atoms in total. The first-order valence-electron chi connectivity index (χ1n) is 8.69. The van der Waals surface area contributed by atoms with E-state index in [1.807, 2.05) is 56.3 Å². The van der Waals surface area contributed by atoms with Crippen molar-refractivity contribution in [1.29, 1.82) is 0 Å². The number of aryl methyl sites for hydroxylation is 2. The summed E-state index contributed by atoms with van der Waals surface area (Å²) in [5, 5.41) is 9.45. The van der Waals surface area contributed by atoms with E-state index >= 15 is 0 Å². The summed E-state index contributed by atoms with van der Waals surface area (Å²) in [4.78, 5) is 24.2. The molecule has 0 aliphatic heterocycles. The second kappa shape index (κ2) is 7.98. The van der Waals surface area contributed by atoms with Crippen LogP contribution in [-0.2, 0) is 6.61 Å². The normalized spacial score (nSPS) is 10.5. The number of rotatable bonds is 6. The molecular formula is C23H21NO3. The summed E-state index contributed by atoms with van der Waals surface area (Å²) in [6.45, 7) is 3.86. The average Bonchev–Trinajstić information content (AvgIpc) is 2.69. The van der Waals surface area contributed by atoms with Crippen LogP contribution in [0.3, 0.4) is 0 Å². The third kappa shape index (κ3) is 3.81. The van der Waals surface area contributed by atoms with Crippen molar-refractivity contribution in [3.63, 3.8) is 0 Å². The molecule has 0 heterocycles. The van der Waals surface area contributed by atoms with Gasteiger partial charge in [-0.15, -0.1) is 0 Å². The summed E-state index contributed by atoms with van der Waals surface area (Å²) in [5.41, 5.74) is 6.76. The molecule has 0 saturated heterocycles. The van der Waals surface area contributed by atoms with Crippen LogP contribution in [0.1, 0.15) is 37.4 Å². The molecule has 0 aliphatic carbocycles. The molecule has 0 unspecified atom stereocenters. The Morgan fingerprint density at radius 2 is 1.37 bits per heavy atom. The van der Waals surface area contributed by atoms with Gasteiger partial charge in [-0.1, -0.05) is 6.07 Å². The number of hydrogen-bond acceptors (Lipinski definition) is 4. The van der Waals surface area contributed by atoms with E-state index in [0.29, 0.717) is 11.1 Å². The first-order chi connectivity index (χ1) is 13.1. The van der Waals surface area contributed by atoms with Crippen molar-refractivity contribution in [3.05, 3.63) is 88.5 Å². The third-order valence-electron chi connectivity index (χ3n) is 4.68. The van der Waals surface area contributed by atoms with Crippen LogP contribution in [0.4, 0.5) is 17.1 Å². The highest BCUT2D eigenvalue weighted by molar-refractivity contribution is 5.83. The minimum absolute atomic E-state index is 0.00666. The number of nitrogens with zero attached hydrogens (tertiary/aromatic N) is 1. The van der Waals surface area contributed by atoms with E-state index < -0.39 is 0 Å². The summed E-state index contributed by atoms with van der Waals surface area (Å²) in [6, 6.07) is 18.9. The number of benzene rings is 3. The molecule has 1 N–H and O–H groups in total. The predicted molar refractivity (Wildman–Crippen MR) is 107 cm³/mol. The molecule has 0 radical (unpaired) electrons. The molecule has 136 valence electrons. The van der Waals surface area contributed by atoms with Crippen LogP contribution in [0.2, 0.25) is 0 Å². The fourth-order valence-electron chi connectivity index (χ4n) is 3.08. The molecule has 0 aromatic heterocycles. The molecule has 3 aromatic carbocycles. The van der Waals surface area contributed by atoms with Crippen molar-refractivity contribution >= 4 is 29.6 Å². The van der Waals surface area contributed by atoms with Crippen LogP contribution < -0.4 is 4.90 Å². The SMILES string of the molecule is Cc1cc(N(c2ccc(C=O)cc2)c2ccc(CO)c(C)c2)ccc1C=O. The van der Waals surface area contributed by atoms with Crippen molar-refractivity contribution in [3.8, 4) is 0 Å². The van der Waals surface area contributed by atoms with Gasteiger partial charge < -0.3 is 10.0 Å². The Hall–Kier alpha value is -3.24. The van der Waals surface area contributed by atoms with E-state index in [-0.39, 0.29) is 6.61 Å². The summed E-state index contributed by atoms with van der Waals surface area (Å²) < 4.78 is 0. The molecule has 27 heavy (non-hydrogen) atoms. The van der Waals surface area contributed by atoms with Gasteiger partial charge in [-0.25, -0.2) is 0 Å². The average molecular weight is 359 g/mol. The Labute approximate surface area is 158 Å². The van der Waals surface area contributed by atoms with Crippen molar-refractivity contribution in [2.75, 3.05) is 4.90 Å². The number of aliphatic hydroxyl groups excluding tert-OH is 1. The van der Waals surface area contributed by atoms with Crippen LogP contribution in [0.5, 0.6) is 0 Å². The Balaban J connectivity index is 2.16. The van der Waals surface area contributed by atoms with Gasteiger partial charge >= 0.3 is 0 Å². The van der Waals surface area contributed by atoms with Crippen molar-refractivity contribution in [2.45, 2.75) is 20.5 Å². The van der Waals surface area contributed by atoms with Crippen LogP contribution in [0.25, 0.3) is 0 Å². The Morgan fingerprint density at radius 1 is 0.778 bits per heavy atom. The van der Waals surface area contributed by atoms with E-state index in [1.165, 1.54) is 0 Å². The smallest absolute Gasteiger partial charge is 0.150 e. The molecular weight excluding hydrogens is 338 g/mol. The zero-order chi connectivity index (χ0) is 19.4. The van der Waals surface area contributed by atoms with Crippen molar-refractivity contribution in [2.24, 2.45) is 0 Å². The van der Waals surface area contributed by atoms with Gasteiger partial charge in [0, 0.05) is 28.2 Å². The van der Waals surface area contributed by atoms with Gasteiger partial charge in [0.2, 0.25) is 0 Å². The standard InChI is InChI=1S/C23H21NO3/c1-16-11-22(9-5-19(16)14-26)24(21-7-3-18(13-25)4-8-21)23-10-6-20(15-27)17(2)12-23/h3-14,27H,15H2,1-2H3. The minimum atomic E-state index is -0.00666. The van der Waals surface area contributed by atoms with Gasteiger partial charge in [0.05, 0.1) is 6.61 Å². The maximum atomic E-state index is 11.2. The highest BCUT2D eigenvalue weighted by atomic mass is 16.3. The second-order valence-electron chi connectivity index (χ2n) is 6.47. The molecule has 3 aromatic rings. The van der Waals surface area contributed by atoms with Gasteiger partial charge in [0.1, 0.15) is 12.6 Å². The zero-order valence-corrected chi connectivity index (χ0v) is 15.3. The highest BCUT2D eigenvalue weighted by Gasteiger charge is 2.14. The zero-order valence-electron chi connectivity index (χ0n) is 15.3. The molecule has 0 aliphatic rings. The molecule has 0 atom stereocenters. The summed E-state index contributed by atoms with van der Waals surface area (Å²) in [6.07, 6.45) is 1.67. The minimum Gasteiger partial charge on any atom is -0.392 e. The Morgan fingerprint density at radius 3 is 1.89 bits per heavy atom. The fraction of sp³-hybridized carbons (Fsp3) is 0.130. The molecule has 0 saturated carbocycles. The second-order valence-corrected chi connectivity index (χ2v) is 6.47. The lowest BCUT2D eigenvalue weighted by Gasteiger charge is -2.27. The maximum absolute atomic E-state index is 11.2. The number of carbonyl (C=O) groups is 2. The Kier molecular flexibility index (Phi) is 5.48. The molecule has 0 fully saturated rings. The third-order valence-corrected chi connectivity index (χ3v) is 4.68. The van der Waals surface area contributed by atoms with Gasteiger partial charge in [0.15, 0.2) is 0 Å². The number of carbonyl (C=O) groups excluding carboxylic acids is 2. The number of hydrogen-bond donors (Lipinski definition) is 1. The molecule has 0 amide bonds. The van der Waals surface area contributed by atoms with Crippen molar-refractivity contribution in [1.82, 2.24) is 0 Å². The molecule has 4 heteroatoms. The largest absolute Gasteiger partial charge is 0.392 e. The van der Waals surface area contributed by atoms with E-state index in [0.717, 1.165) is 46.3 Å². The summed E-state index contributed by atoms with van der Waals surface area (Å²) in [5.74, 6) is 0. The first-order valence-corrected chi connectivity index (χ1v) is 8.69. The lowest BCUT2D eigenvalue weighted by molar-refractivity contribution is 0.111. The fourth-order valence-corrected chi connectivity index (χ4v) is 3.08. The van der Waals surface area contributed by atoms with E-state index in [1.54, 1.807) is 18.2 Å². The van der Waals surface area contributed by atoms with Gasteiger partial charge in [-0.05, 0) is 85.1 Å². The van der Waals surface area contributed by atoms with E-state index in [2.05, 4.69) is 4.90 Å². The quantitative estimate of drug-likeness (QED) is 0.637. The van der Waals surface area contributed by atoms with Crippen molar-refractivity contribution < 1.29 is 14.7 Å².